The lowest BCUT2D eigenvalue weighted by atomic mass is 9.87. The lowest BCUT2D eigenvalue weighted by molar-refractivity contribution is -0.141. The van der Waals surface area contributed by atoms with E-state index in [1.807, 2.05) is 18.2 Å². The molecule has 1 aromatic heterocycles. The average Bonchev–Trinajstić information content (AvgIpc) is 3.28. The molecule has 2 amide bonds. The van der Waals surface area contributed by atoms with Crippen LogP contribution in [0.4, 0.5) is 4.79 Å². The van der Waals surface area contributed by atoms with Gasteiger partial charge in [0.15, 0.2) is 5.78 Å². The van der Waals surface area contributed by atoms with Gasteiger partial charge in [0.05, 0.1) is 6.20 Å². The zero-order chi connectivity index (χ0) is 21.3. The SMILES string of the molecule is O=C(NC(C(=O)CC1CCCCNC(=O)C1=O)c1cnoc1)OCc1ccccc1. The van der Waals surface area contributed by atoms with Gasteiger partial charge in [0.25, 0.3) is 5.91 Å². The van der Waals surface area contributed by atoms with Crippen LogP contribution < -0.4 is 10.6 Å². The lowest BCUT2D eigenvalue weighted by Gasteiger charge is -2.21. The van der Waals surface area contributed by atoms with Crippen molar-refractivity contribution < 1.29 is 28.4 Å². The van der Waals surface area contributed by atoms with E-state index in [2.05, 4.69) is 15.8 Å². The maximum Gasteiger partial charge on any atom is 0.408 e. The van der Waals surface area contributed by atoms with Crippen molar-refractivity contribution in [2.45, 2.75) is 38.3 Å². The van der Waals surface area contributed by atoms with Crippen molar-refractivity contribution in [1.82, 2.24) is 15.8 Å². The predicted octanol–water partition coefficient (Wildman–Crippen LogP) is 2.09. The average molecular weight is 413 g/mol. The highest BCUT2D eigenvalue weighted by Gasteiger charge is 2.32. The molecule has 1 aliphatic heterocycles. The van der Waals surface area contributed by atoms with Crippen molar-refractivity contribution >= 4 is 23.6 Å². The molecular weight excluding hydrogens is 390 g/mol. The molecule has 0 saturated carbocycles. The minimum absolute atomic E-state index is 0.0402. The lowest BCUT2D eigenvalue weighted by Crippen LogP contribution is -2.40. The van der Waals surface area contributed by atoms with Crippen molar-refractivity contribution in [2.75, 3.05) is 6.54 Å². The number of benzene rings is 1. The summed E-state index contributed by atoms with van der Waals surface area (Å²) in [6.07, 6.45) is 3.48. The monoisotopic (exact) mass is 413 g/mol. The number of aromatic nitrogens is 1. The first-order valence-electron chi connectivity index (χ1n) is 9.76. The molecule has 1 aromatic carbocycles. The van der Waals surface area contributed by atoms with E-state index in [4.69, 9.17) is 9.26 Å². The Hall–Kier alpha value is -3.49. The van der Waals surface area contributed by atoms with Gasteiger partial charge in [-0.2, -0.15) is 0 Å². The highest BCUT2D eigenvalue weighted by atomic mass is 16.5. The summed E-state index contributed by atoms with van der Waals surface area (Å²) in [5.41, 5.74) is 1.13. The van der Waals surface area contributed by atoms with Crippen molar-refractivity contribution in [3.05, 3.63) is 53.9 Å². The number of alkyl carbamates (subject to hydrolysis) is 1. The second-order valence-electron chi connectivity index (χ2n) is 7.08. The van der Waals surface area contributed by atoms with Gasteiger partial charge in [-0.05, 0) is 18.4 Å². The van der Waals surface area contributed by atoms with Crippen LogP contribution in [0.2, 0.25) is 0 Å². The molecule has 1 saturated heterocycles. The minimum atomic E-state index is -1.10. The van der Waals surface area contributed by atoms with E-state index in [0.717, 1.165) is 12.0 Å². The molecule has 0 aliphatic carbocycles. The standard InChI is InChI=1S/C21H23N3O6/c25-17(10-15-8-4-5-9-22-20(27)19(15)26)18(16-11-23-30-13-16)24-21(28)29-12-14-6-2-1-3-7-14/h1-3,6-7,11,13,15,18H,4-5,8-10,12H2,(H,22,27)(H,24,28). The molecular formula is C21H23N3O6. The molecule has 9 nitrogen and oxygen atoms in total. The van der Waals surface area contributed by atoms with Gasteiger partial charge in [0.1, 0.15) is 18.9 Å². The summed E-state index contributed by atoms with van der Waals surface area (Å²) in [5.74, 6) is -2.45. The van der Waals surface area contributed by atoms with E-state index in [0.29, 0.717) is 24.9 Å². The largest absolute Gasteiger partial charge is 0.445 e. The molecule has 2 heterocycles. The number of ketones is 2. The summed E-state index contributed by atoms with van der Waals surface area (Å²) in [5, 5.41) is 8.63. The Kier molecular flexibility index (Phi) is 7.31. The molecule has 0 spiro atoms. The Morgan fingerprint density at radius 2 is 2.03 bits per heavy atom. The molecule has 30 heavy (non-hydrogen) atoms. The van der Waals surface area contributed by atoms with E-state index >= 15 is 0 Å². The number of rotatable bonds is 7. The fourth-order valence-corrected chi connectivity index (χ4v) is 3.26. The van der Waals surface area contributed by atoms with Crippen LogP contribution in [-0.2, 0) is 25.7 Å². The second-order valence-corrected chi connectivity index (χ2v) is 7.08. The number of hydrogen-bond donors (Lipinski definition) is 2. The minimum Gasteiger partial charge on any atom is -0.445 e. The fraction of sp³-hybridized carbons (Fsp3) is 0.381. The normalized spacial score (nSPS) is 17.9. The van der Waals surface area contributed by atoms with Crippen LogP contribution in [0, 0.1) is 5.92 Å². The van der Waals surface area contributed by atoms with Gasteiger partial charge in [0, 0.05) is 24.4 Å². The molecule has 1 aliphatic rings. The van der Waals surface area contributed by atoms with Crippen LogP contribution in [0.1, 0.15) is 42.9 Å². The van der Waals surface area contributed by atoms with Crippen LogP contribution >= 0.6 is 0 Å². The van der Waals surface area contributed by atoms with Gasteiger partial charge in [0.2, 0.25) is 5.78 Å². The topological polar surface area (TPSA) is 128 Å². The van der Waals surface area contributed by atoms with Gasteiger partial charge >= 0.3 is 6.09 Å². The molecule has 158 valence electrons. The summed E-state index contributed by atoms with van der Waals surface area (Å²) in [4.78, 5) is 49.4. The first-order chi connectivity index (χ1) is 14.5. The predicted molar refractivity (Wildman–Crippen MR) is 104 cm³/mol. The Labute approximate surface area is 173 Å². The van der Waals surface area contributed by atoms with Gasteiger partial charge < -0.3 is 19.9 Å². The van der Waals surface area contributed by atoms with Crippen molar-refractivity contribution in [1.29, 1.82) is 0 Å². The Morgan fingerprint density at radius 3 is 2.77 bits per heavy atom. The number of Topliss-reactive ketones (excluding diaryl/α,β-unsaturated/α-hetero) is 2. The third kappa shape index (κ3) is 5.76. The van der Waals surface area contributed by atoms with E-state index in [9.17, 15) is 19.2 Å². The molecule has 1 fully saturated rings. The maximum atomic E-state index is 12.9. The maximum absolute atomic E-state index is 12.9. The van der Waals surface area contributed by atoms with E-state index < -0.39 is 35.5 Å². The Bertz CT molecular complexity index is 881. The number of carbonyl (C=O) groups is 4. The second kappa shape index (κ2) is 10.3. The van der Waals surface area contributed by atoms with Gasteiger partial charge in [-0.15, -0.1) is 0 Å². The molecule has 2 atom stereocenters. The summed E-state index contributed by atoms with van der Waals surface area (Å²) in [6.45, 7) is 0.488. The van der Waals surface area contributed by atoms with E-state index in [-0.39, 0.29) is 13.0 Å². The quantitative estimate of drug-likeness (QED) is 0.665. The molecule has 3 rings (SSSR count). The molecule has 2 unspecified atom stereocenters. The third-order valence-corrected chi connectivity index (χ3v) is 4.89. The summed E-state index contributed by atoms with van der Waals surface area (Å²) in [6, 6.07) is 8.01. The highest BCUT2D eigenvalue weighted by Crippen LogP contribution is 2.23. The van der Waals surface area contributed by atoms with Crippen molar-refractivity contribution in [2.24, 2.45) is 5.92 Å². The van der Waals surface area contributed by atoms with E-state index in [1.165, 1.54) is 12.5 Å². The van der Waals surface area contributed by atoms with Crippen molar-refractivity contribution in [3.63, 3.8) is 0 Å². The zero-order valence-corrected chi connectivity index (χ0v) is 16.3. The molecule has 9 heteroatoms. The van der Waals surface area contributed by atoms with Crippen LogP contribution in [0.15, 0.2) is 47.3 Å². The van der Waals surface area contributed by atoms with Crippen LogP contribution in [0.25, 0.3) is 0 Å². The van der Waals surface area contributed by atoms with Gasteiger partial charge in [-0.1, -0.05) is 41.9 Å². The van der Waals surface area contributed by atoms with Crippen LogP contribution in [0.3, 0.4) is 0 Å². The first-order valence-corrected chi connectivity index (χ1v) is 9.76. The van der Waals surface area contributed by atoms with Crippen LogP contribution in [0.5, 0.6) is 0 Å². The number of nitrogens with zero attached hydrogens (tertiary/aromatic N) is 1. The zero-order valence-electron chi connectivity index (χ0n) is 16.3. The number of nitrogens with one attached hydrogen (secondary N) is 2. The van der Waals surface area contributed by atoms with Gasteiger partial charge in [-0.25, -0.2) is 4.79 Å². The number of hydrogen-bond acceptors (Lipinski definition) is 7. The Morgan fingerprint density at radius 1 is 1.23 bits per heavy atom. The van der Waals surface area contributed by atoms with Crippen molar-refractivity contribution in [3.8, 4) is 0 Å². The third-order valence-electron chi connectivity index (χ3n) is 4.89. The highest BCUT2D eigenvalue weighted by molar-refractivity contribution is 6.37. The number of amides is 2. The molecule has 0 bridgehead atoms. The van der Waals surface area contributed by atoms with Gasteiger partial charge in [-0.3, -0.25) is 14.4 Å². The summed E-state index contributed by atoms with van der Waals surface area (Å²) >= 11 is 0. The first kappa shape index (κ1) is 21.2. The van der Waals surface area contributed by atoms with E-state index in [1.54, 1.807) is 12.1 Å². The summed E-state index contributed by atoms with van der Waals surface area (Å²) in [7, 11) is 0. The molecule has 2 aromatic rings. The number of ether oxygens (including phenoxy) is 1. The smallest absolute Gasteiger partial charge is 0.408 e. The number of carbonyl (C=O) groups excluding carboxylic acids is 4. The molecule has 0 radical (unpaired) electrons. The van der Waals surface area contributed by atoms with Crippen LogP contribution in [-0.4, -0.2) is 35.3 Å². The summed E-state index contributed by atoms with van der Waals surface area (Å²) < 4.78 is 9.98. The molecule has 2 N–H and O–H groups in total. The Balaban J connectivity index is 1.65. The fourth-order valence-electron chi connectivity index (χ4n) is 3.26.